The van der Waals surface area contributed by atoms with Gasteiger partial charge in [-0.2, -0.15) is 0 Å². The first-order chi connectivity index (χ1) is 11.1. The molecule has 0 saturated carbocycles. The van der Waals surface area contributed by atoms with E-state index in [1.54, 1.807) is 25.1 Å². The molecule has 2 aromatic carbocycles. The molecule has 0 N–H and O–H groups in total. The van der Waals surface area contributed by atoms with Gasteiger partial charge in [-0.25, -0.2) is 16.8 Å². The second-order valence-corrected chi connectivity index (χ2v) is 9.42. The third-order valence-electron chi connectivity index (χ3n) is 3.50. The van der Waals surface area contributed by atoms with Crippen molar-refractivity contribution < 1.29 is 21.6 Å². The first-order valence-corrected chi connectivity index (χ1v) is 10.7. The van der Waals surface area contributed by atoms with E-state index in [-0.39, 0.29) is 15.4 Å². The van der Waals surface area contributed by atoms with Gasteiger partial charge < -0.3 is 0 Å². The molecule has 0 aromatic heterocycles. The van der Waals surface area contributed by atoms with Crippen LogP contribution in [-0.2, 0) is 26.1 Å². The molecular weight excluding hydrogens is 372 g/mol. The van der Waals surface area contributed by atoms with Crippen LogP contribution >= 0.6 is 11.6 Å². The second kappa shape index (κ2) is 6.66. The summed E-state index contributed by atoms with van der Waals surface area (Å²) in [5, 5.41) is -0.833. The Morgan fingerprint density at radius 3 is 2.04 bits per heavy atom. The van der Waals surface area contributed by atoms with Crippen LogP contribution in [0.1, 0.15) is 22.8 Å². The highest BCUT2D eigenvalue weighted by Gasteiger charge is 2.28. The van der Waals surface area contributed by atoms with Crippen molar-refractivity contribution in [3.05, 3.63) is 53.6 Å². The van der Waals surface area contributed by atoms with Gasteiger partial charge in [-0.15, -0.1) is 0 Å². The van der Waals surface area contributed by atoms with Crippen LogP contribution in [0.25, 0.3) is 0 Å². The largest absolute Gasteiger partial charge is 0.276 e. The molecule has 128 valence electrons. The van der Waals surface area contributed by atoms with E-state index in [0.29, 0.717) is 12.0 Å². The summed E-state index contributed by atoms with van der Waals surface area (Å²) in [6.45, 7) is 1.72. The van der Waals surface area contributed by atoms with Gasteiger partial charge in [0.25, 0.3) is 5.24 Å². The molecule has 0 saturated heterocycles. The fraction of sp³-hybridized carbons (Fsp3) is 0.188. The normalized spacial score (nSPS) is 12.1. The van der Waals surface area contributed by atoms with Gasteiger partial charge in [0.1, 0.15) is 0 Å². The molecule has 8 heteroatoms. The SMILES string of the molecule is CCc1cc(S(=O)(=O)c2ccccc2)c(S(C)(=O)=O)cc1C(=O)Cl. The van der Waals surface area contributed by atoms with Crippen molar-refractivity contribution in [1.82, 2.24) is 0 Å². The van der Waals surface area contributed by atoms with Gasteiger partial charge >= 0.3 is 0 Å². The maximum absolute atomic E-state index is 12.9. The summed E-state index contributed by atoms with van der Waals surface area (Å²) in [4.78, 5) is 10.7. The number of carbonyl (C=O) groups is 1. The predicted molar refractivity (Wildman–Crippen MR) is 91.0 cm³/mol. The topological polar surface area (TPSA) is 85.3 Å². The van der Waals surface area contributed by atoms with Crippen molar-refractivity contribution >= 4 is 36.5 Å². The van der Waals surface area contributed by atoms with Gasteiger partial charge in [-0.3, -0.25) is 4.79 Å². The Hall–Kier alpha value is -1.70. The first-order valence-electron chi connectivity index (χ1n) is 6.96. The quantitative estimate of drug-likeness (QED) is 0.737. The van der Waals surface area contributed by atoms with E-state index in [9.17, 15) is 21.6 Å². The Kier molecular flexibility index (Phi) is 5.17. The van der Waals surface area contributed by atoms with Gasteiger partial charge in [0.05, 0.1) is 14.7 Å². The summed E-state index contributed by atoms with van der Waals surface area (Å²) in [6.07, 6.45) is 1.22. The number of benzene rings is 2. The van der Waals surface area contributed by atoms with Crippen LogP contribution in [0.3, 0.4) is 0 Å². The van der Waals surface area contributed by atoms with E-state index in [1.165, 1.54) is 18.2 Å². The molecule has 2 rings (SSSR count). The molecule has 0 unspecified atom stereocenters. The van der Waals surface area contributed by atoms with Crippen LogP contribution in [0.4, 0.5) is 0 Å². The number of rotatable bonds is 5. The van der Waals surface area contributed by atoms with Gasteiger partial charge in [0, 0.05) is 11.8 Å². The molecule has 0 aliphatic carbocycles. The second-order valence-electron chi connectivity index (χ2n) is 5.17. The third-order valence-corrected chi connectivity index (χ3v) is 6.78. The summed E-state index contributed by atoms with van der Waals surface area (Å²) in [7, 11) is -7.96. The van der Waals surface area contributed by atoms with Gasteiger partial charge in [-0.05, 0) is 47.9 Å². The molecule has 0 bridgehead atoms. The molecule has 0 aliphatic rings. The first kappa shape index (κ1) is 18.6. The van der Waals surface area contributed by atoms with Crippen LogP contribution in [0, 0.1) is 0 Å². The van der Waals surface area contributed by atoms with Gasteiger partial charge in [0.15, 0.2) is 9.84 Å². The van der Waals surface area contributed by atoms with Crippen LogP contribution in [-0.4, -0.2) is 28.3 Å². The van der Waals surface area contributed by atoms with E-state index in [4.69, 9.17) is 11.6 Å². The molecule has 5 nitrogen and oxygen atoms in total. The minimum atomic E-state index is -4.06. The molecule has 0 heterocycles. The molecule has 24 heavy (non-hydrogen) atoms. The van der Waals surface area contributed by atoms with Crippen LogP contribution < -0.4 is 0 Å². The third kappa shape index (κ3) is 3.53. The number of halogens is 1. The number of carbonyl (C=O) groups excluding carboxylic acids is 1. The smallest absolute Gasteiger partial charge is 0.252 e. The summed E-state index contributed by atoms with van der Waals surface area (Å²) in [5.74, 6) is 0. The summed E-state index contributed by atoms with van der Waals surface area (Å²) >= 11 is 5.51. The van der Waals surface area contributed by atoms with E-state index in [0.717, 1.165) is 12.3 Å². The highest BCUT2D eigenvalue weighted by molar-refractivity contribution is 7.94. The van der Waals surface area contributed by atoms with Crippen molar-refractivity contribution in [2.24, 2.45) is 0 Å². The van der Waals surface area contributed by atoms with Crippen LogP contribution in [0.2, 0.25) is 0 Å². The molecule has 0 radical (unpaired) electrons. The summed E-state index contributed by atoms with van der Waals surface area (Å²) < 4.78 is 49.9. The Bertz CT molecular complexity index is 994. The van der Waals surface area contributed by atoms with Crippen molar-refractivity contribution in [1.29, 1.82) is 0 Å². The molecule has 0 spiro atoms. The highest BCUT2D eigenvalue weighted by Crippen LogP contribution is 2.31. The fourth-order valence-electron chi connectivity index (χ4n) is 2.30. The lowest BCUT2D eigenvalue weighted by Crippen LogP contribution is -2.12. The monoisotopic (exact) mass is 386 g/mol. The van der Waals surface area contributed by atoms with Crippen molar-refractivity contribution in [3.63, 3.8) is 0 Å². The summed E-state index contributed by atoms with van der Waals surface area (Å²) in [5.41, 5.74) is 0.364. The Balaban J connectivity index is 2.90. The molecule has 0 fully saturated rings. The van der Waals surface area contributed by atoms with E-state index in [2.05, 4.69) is 0 Å². The molecular formula is C16H15ClO5S2. The molecule has 0 amide bonds. The minimum absolute atomic E-state index is 0.00777. The lowest BCUT2D eigenvalue weighted by atomic mass is 10.1. The zero-order valence-electron chi connectivity index (χ0n) is 13.0. The van der Waals surface area contributed by atoms with Gasteiger partial charge in [-0.1, -0.05) is 25.1 Å². The maximum atomic E-state index is 12.9. The Morgan fingerprint density at radius 2 is 1.58 bits per heavy atom. The van der Waals surface area contributed by atoms with Crippen molar-refractivity contribution in [2.45, 2.75) is 28.0 Å². The molecule has 0 aliphatic heterocycles. The van der Waals surface area contributed by atoms with Crippen LogP contribution in [0.5, 0.6) is 0 Å². The number of hydrogen-bond acceptors (Lipinski definition) is 5. The zero-order chi connectivity index (χ0) is 18.1. The number of aryl methyl sites for hydroxylation is 1. The number of hydrogen-bond donors (Lipinski definition) is 0. The highest BCUT2D eigenvalue weighted by atomic mass is 35.5. The van der Waals surface area contributed by atoms with Gasteiger partial charge in [0.2, 0.25) is 9.84 Å². The van der Waals surface area contributed by atoms with Crippen LogP contribution in [0.15, 0.2) is 57.2 Å². The van der Waals surface area contributed by atoms with E-state index < -0.39 is 29.8 Å². The van der Waals surface area contributed by atoms with E-state index in [1.807, 2.05) is 0 Å². The fourth-order valence-corrected chi connectivity index (χ4v) is 5.41. The Labute approximate surface area is 146 Å². The summed E-state index contributed by atoms with van der Waals surface area (Å²) in [6, 6.07) is 9.77. The maximum Gasteiger partial charge on any atom is 0.252 e. The lowest BCUT2D eigenvalue weighted by Gasteiger charge is -2.13. The predicted octanol–water partition coefficient (Wildman–Crippen LogP) is 2.86. The average molecular weight is 387 g/mol. The number of sulfone groups is 2. The van der Waals surface area contributed by atoms with Crippen molar-refractivity contribution in [2.75, 3.05) is 6.26 Å². The molecule has 0 atom stereocenters. The van der Waals surface area contributed by atoms with E-state index >= 15 is 0 Å². The average Bonchev–Trinajstić information content (AvgIpc) is 2.53. The van der Waals surface area contributed by atoms with Crippen molar-refractivity contribution in [3.8, 4) is 0 Å². The lowest BCUT2D eigenvalue weighted by molar-refractivity contribution is 0.108. The molecule has 2 aromatic rings. The standard InChI is InChI=1S/C16H15ClO5S2/c1-3-11-9-15(24(21,22)12-7-5-4-6-8-12)14(23(2,19)20)10-13(11)16(17)18/h4-10H,3H2,1-2H3. The minimum Gasteiger partial charge on any atom is -0.276 e. The zero-order valence-corrected chi connectivity index (χ0v) is 15.4. The Morgan fingerprint density at radius 1 is 1.00 bits per heavy atom.